The predicted octanol–water partition coefficient (Wildman–Crippen LogP) is 2.94. The number of thioether (sulfide) groups is 1. The van der Waals surface area contributed by atoms with E-state index in [2.05, 4.69) is 51.3 Å². The Hall–Kier alpha value is -1.85. The van der Waals surface area contributed by atoms with Crippen LogP contribution in [0.1, 0.15) is 24.0 Å². The van der Waals surface area contributed by atoms with Gasteiger partial charge in [0.2, 0.25) is 0 Å². The van der Waals surface area contributed by atoms with E-state index in [1.165, 1.54) is 16.7 Å². The second kappa shape index (κ2) is 6.34. The molecule has 0 spiro atoms. The van der Waals surface area contributed by atoms with E-state index in [4.69, 9.17) is 5.73 Å². The van der Waals surface area contributed by atoms with Gasteiger partial charge in [-0.15, -0.1) is 11.8 Å². The van der Waals surface area contributed by atoms with Crippen LogP contribution in [-0.4, -0.2) is 34.9 Å². The van der Waals surface area contributed by atoms with Gasteiger partial charge in [0.25, 0.3) is 0 Å². The molecule has 118 valence electrons. The fraction of sp³-hybridized carbons (Fsp3) is 0.333. The lowest BCUT2D eigenvalue weighted by Crippen LogP contribution is -2.40. The minimum absolute atomic E-state index is 0.322. The van der Waals surface area contributed by atoms with E-state index < -0.39 is 0 Å². The summed E-state index contributed by atoms with van der Waals surface area (Å²) >= 11 is 1.79. The summed E-state index contributed by atoms with van der Waals surface area (Å²) in [5, 5.41) is 1.09. The van der Waals surface area contributed by atoms with E-state index in [1.807, 2.05) is 0 Å². The van der Waals surface area contributed by atoms with Crippen molar-refractivity contribution < 1.29 is 0 Å². The number of fused-ring (bicyclic) bond motifs is 1. The van der Waals surface area contributed by atoms with Crippen molar-refractivity contribution in [3.63, 3.8) is 0 Å². The highest BCUT2D eigenvalue weighted by Crippen LogP contribution is 2.40. The second-order valence-corrected chi connectivity index (χ2v) is 7.01. The Labute approximate surface area is 140 Å². The molecule has 5 heteroatoms. The van der Waals surface area contributed by atoms with E-state index in [1.54, 1.807) is 18.1 Å². The normalized spacial score (nSPS) is 18.5. The van der Waals surface area contributed by atoms with Crippen molar-refractivity contribution in [2.24, 2.45) is 5.73 Å². The molecule has 1 aromatic heterocycles. The summed E-state index contributed by atoms with van der Waals surface area (Å²) in [6.45, 7) is 1.94. The van der Waals surface area contributed by atoms with Gasteiger partial charge in [0.15, 0.2) is 0 Å². The SMILES string of the molecule is NC1CCN(c2ncnc3c2C(c2ccccc2)=CCS3)CC1. The first-order valence-corrected chi connectivity index (χ1v) is 9.06. The number of benzene rings is 1. The average molecular weight is 324 g/mol. The molecule has 2 aliphatic rings. The summed E-state index contributed by atoms with van der Waals surface area (Å²) in [5.41, 5.74) is 9.73. The molecule has 0 atom stereocenters. The van der Waals surface area contributed by atoms with Crippen LogP contribution >= 0.6 is 11.8 Å². The minimum atomic E-state index is 0.322. The molecule has 0 saturated carbocycles. The zero-order valence-electron chi connectivity index (χ0n) is 13.0. The summed E-state index contributed by atoms with van der Waals surface area (Å²) in [6.07, 6.45) is 6.04. The highest BCUT2D eigenvalue weighted by Gasteiger charge is 2.26. The van der Waals surface area contributed by atoms with Gasteiger partial charge in [-0.05, 0) is 24.0 Å². The van der Waals surface area contributed by atoms with Crippen LogP contribution in [0.25, 0.3) is 5.57 Å². The van der Waals surface area contributed by atoms with Crippen molar-refractivity contribution in [3.05, 3.63) is 53.9 Å². The fourth-order valence-corrected chi connectivity index (χ4v) is 4.12. The first-order valence-electron chi connectivity index (χ1n) is 8.07. The Kier molecular flexibility index (Phi) is 4.06. The average Bonchev–Trinajstić information content (AvgIpc) is 2.62. The molecule has 2 N–H and O–H groups in total. The van der Waals surface area contributed by atoms with Gasteiger partial charge in [0.1, 0.15) is 17.2 Å². The third-order valence-electron chi connectivity index (χ3n) is 4.49. The smallest absolute Gasteiger partial charge is 0.141 e. The van der Waals surface area contributed by atoms with E-state index in [-0.39, 0.29) is 0 Å². The third-order valence-corrected chi connectivity index (χ3v) is 5.41. The van der Waals surface area contributed by atoms with Crippen molar-refractivity contribution in [3.8, 4) is 0 Å². The predicted molar refractivity (Wildman–Crippen MR) is 95.7 cm³/mol. The van der Waals surface area contributed by atoms with Crippen LogP contribution < -0.4 is 10.6 Å². The molecule has 1 aromatic carbocycles. The molecule has 4 nitrogen and oxygen atoms in total. The standard InChI is InChI=1S/C18H20N4S/c19-14-6-9-22(10-7-14)17-16-15(13-4-2-1-3-5-13)8-11-23-18(16)21-12-20-17/h1-5,8,12,14H,6-7,9-11,19H2. The molecule has 1 fully saturated rings. The number of piperidine rings is 1. The molecule has 0 aliphatic carbocycles. The van der Waals surface area contributed by atoms with Gasteiger partial charge < -0.3 is 10.6 Å². The van der Waals surface area contributed by atoms with E-state index >= 15 is 0 Å². The highest BCUT2D eigenvalue weighted by atomic mass is 32.2. The number of nitrogens with two attached hydrogens (primary N) is 1. The van der Waals surface area contributed by atoms with Crippen LogP contribution in [0.3, 0.4) is 0 Å². The quantitative estimate of drug-likeness (QED) is 0.861. The molecule has 4 rings (SSSR count). The van der Waals surface area contributed by atoms with E-state index in [0.29, 0.717) is 6.04 Å². The summed E-state index contributed by atoms with van der Waals surface area (Å²) in [7, 11) is 0. The molecule has 0 bridgehead atoms. The van der Waals surface area contributed by atoms with Gasteiger partial charge in [-0.2, -0.15) is 0 Å². The van der Waals surface area contributed by atoms with Gasteiger partial charge >= 0.3 is 0 Å². The van der Waals surface area contributed by atoms with Gasteiger partial charge in [-0.1, -0.05) is 36.4 Å². The maximum Gasteiger partial charge on any atom is 0.141 e. The Balaban J connectivity index is 1.78. The minimum Gasteiger partial charge on any atom is -0.356 e. The van der Waals surface area contributed by atoms with Gasteiger partial charge in [-0.3, -0.25) is 0 Å². The second-order valence-electron chi connectivity index (χ2n) is 6.00. The Morgan fingerprint density at radius 1 is 1.09 bits per heavy atom. The van der Waals surface area contributed by atoms with Crippen LogP contribution in [0, 0.1) is 0 Å². The number of hydrogen-bond acceptors (Lipinski definition) is 5. The lowest BCUT2D eigenvalue weighted by atomic mass is 9.97. The van der Waals surface area contributed by atoms with Crippen LogP contribution in [0.4, 0.5) is 5.82 Å². The molecule has 0 unspecified atom stereocenters. The molecule has 3 heterocycles. The lowest BCUT2D eigenvalue weighted by molar-refractivity contribution is 0.498. The largest absolute Gasteiger partial charge is 0.356 e. The van der Waals surface area contributed by atoms with Gasteiger partial charge in [0.05, 0.1) is 5.56 Å². The number of aromatic nitrogens is 2. The number of hydrogen-bond donors (Lipinski definition) is 1. The lowest BCUT2D eigenvalue weighted by Gasteiger charge is -2.33. The molecule has 2 aromatic rings. The maximum atomic E-state index is 6.06. The maximum absolute atomic E-state index is 6.06. The highest BCUT2D eigenvalue weighted by molar-refractivity contribution is 7.99. The molecule has 0 amide bonds. The topological polar surface area (TPSA) is 55.0 Å². The summed E-state index contributed by atoms with van der Waals surface area (Å²) < 4.78 is 0. The van der Waals surface area contributed by atoms with Gasteiger partial charge in [0, 0.05) is 24.9 Å². The zero-order valence-corrected chi connectivity index (χ0v) is 13.8. The number of nitrogens with zero attached hydrogens (tertiary/aromatic N) is 3. The molecule has 23 heavy (non-hydrogen) atoms. The first-order chi connectivity index (χ1) is 11.3. The third kappa shape index (κ3) is 2.86. The van der Waals surface area contributed by atoms with Crippen molar-refractivity contribution in [1.29, 1.82) is 0 Å². The summed E-state index contributed by atoms with van der Waals surface area (Å²) in [4.78, 5) is 11.5. The monoisotopic (exact) mass is 324 g/mol. The first kappa shape index (κ1) is 14.7. The van der Waals surface area contributed by atoms with Crippen molar-refractivity contribution in [2.45, 2.75) is 23.9 Å². The molecule has 2 aliphatic heterocycles. The zero-order chi connectivity index (χ0) is 15.6. The molecule has 1 saturated heterocycles. The van der Waals surface area contributed by atoms with E-state index in [9.17, 15) is 0 Å². The number of rotatable bonds is 2. The number of anilines is 1. The van der Waals surface area contributed by atoms with Gasteiger partial charge in [-0.25, -0.2) is 9.97 Å². The summed E-state index contributed by atoms with van der Waals surface area (Å²) in [5.74, 6) is 2.02. The van der Waals surface area contributed by atoms with E-state index in [0.717, 1.165) is 42.5 Å². The van der Waals surface area contributed by atoms with Crippen molar-refractivity contribution in [2.75, 3.05) is 23.7 Å². The molecular weight excluding hydrogens is 304 g/mol. The van der Waals surface area contributed by atoms with Crippen molar-refractivity contribution >= 4 is 23.2 Å². The van der Waals surface area contributed by atoms with Crippen molar-refractivity contribution in [1.82, 2.24) is 9.97 Å². The Morgan fingerprint density at radius 2 is 1.87 bits per heavy atom. The molecular formula is C18H20N4S. The summed E-state index contributed by atoms with van der Waals surface area (Å²) in [6, 6.07) is 10.9. The Bertz CT molecular complexity index is 721. The fourth-order valence-electron chi connectivity index (χ4n) is 3.24. The van der Waals surface area contributed by atoms with Crippen LogP contribution in [0.2, 0.25) is 0 Å². The van der Waals surface area contributed by atoms with Crippen LogP contribution in [0.5, 0.6) is 0 Å². The molecule has 0 radical (unpaired) electrons. The Morgan fingerprint density at radius 3 is 2.65 bits per heavy atom. The van der Waals surface area contributed by atoms with Crippen LogP contribution in [0.15, 0.2) is 47.8 Å². The van der Waals surface area contributed by atoms with Crippen LogP contribution in [-0.2, 0) is 0 Å².